The number of ether oxygens (including phenoxy) is 1. The Morgan fingerprint density at radius 3 is 2.79 bits per heavy atom. The number of nitrogens with zero attached hydrogens (tertiary/aromatic N) is 1. The van der Waals surface area contributed by atoms with E-state index in [0.717, 1.165) is 31.4 Å². The molecular formula is C18H24N3O3+. The topological polar surface area (TPSA) is 76.5 Å². The highest BCUT2D eigenvalue weighted by atomic mass is 16.5. The molecule has 1 fully saturated rings. The molecule has 0 unspecified atom stereocenters. The SMILES string of the molecule is CCOC(=O)C1CC[NH+]([C@H](C)c2nc3ccccc3c(=O)[nH]2)CC1. The van der Waals surface area contributed by atoms with Gasteiger partial charge in [-0.1, -0.05) is 12.1 Å². The molecule has 0 amide bonds. The molecule has 2 aromatic rings. The van der Waals surface area contributed by atoms with Crippen molar-refractivity contribution in [2.45, 2.75) is 32.7 Å². The lowest BCUT2D eigenvalue weighted by Crippen LogP contribution is -3.13. The van der Waals surface area contributed by atoms with Gasteiger partial charge in [-0.2, -0.15) is 0 Å². The van der Waals surface area contributed by atoms with Crippen molar-refractivity contribution in [3.8, 4) is 0 Å². The van der Waals surface area contributed by atoms with Gasteiger partial charge in [0.25, 0.3) is 5.56 Å². The van der Waals surface area contributed by atoms with Crippen molar-refractivity contribution in [1.82, 2.24) is 9.97 Å². The fraction of sp³-hybridized carbons (Fsp3) is 0.500. The number of hydrogen-bond donors (Lipinski definition) is 2. The minimum atomic E-state index is -0.0942. The average molecular weight is 330 g/mol. The highest BCUT2D eigenvalue weighted by Gasteiger charge is 2.32. The van der Waals surface area contributed by atoms with Crippen molar-refractivity contribution in [2.75, 3.05) is 19.7 Å². The number of aromatic amines is 1. The van der Waals surface area contributed by atoms with E-state index < -0.39 is 0 Å². The van der Waals surface area contributed by atoms with E-state index in [9.17, 15) is 9.59 Å². The number of hydrogen-bond acceptors (Lipinski definition) is 4. The number of nitrogens with one attached hydrogen (secondary N) is 2. The first-order chi connectivity index (χ1) is 11.6. The van der Waals surface area contributed by atoms with Crippen LogP contribution in [0.1, 0.15) is 38.6 Å². The molecule has 0 radical (unpaired) electrons. The zero-order valence-corrected chi connectivity index (χ0v) is 14.2. The van der Waals surface area contributed by atoms with E-state index in [1.807, 2.05) is 25.1 Å². The van der Waals surface area contributed by atoms with E-state index in [2.05, 4.69) is 16.9 Å². The van der Waals surface area contributed by atoms with Gasteiger partial charge in [0.2, 0.25) is 0 Å². The first kappa shape index (κ1) is 16.6. The van der Waals surface area contributed by atoms with Gasteiger partial charge in [-0.3, -0.25) is 9.59 Å². The summed E-state index contributed by atoms with van der Waals surface area (Å²) in [5, 5.41) is 0.615. The summed E-state index contributed by atoms with van der Waals surface area (Å²) in [4.78, 5) is 33.0. The Labute approximate surface area is 140 Å². The molecule has 2 N–H and O–H groups in total. The number of aromatic nitrogens is 2. The lowest BCUT2D eigenvalue weighted by Gasteiger charge is -2.31. The number of rotatable bonds is 4. The van der Waals surface area contributed by atoms with Gasteiger partial charge in [-0.25, -0.2) is 4.98 Å². The molecule has 2 heterocycles. The minimum absolute atomic E-state index is 0.00418. The van der Waals surface area contributed by atoms with E-state index >= 15 is 0 Å². The van der Waals surface area contributed by atoms with Crippen LogP contribution < -0.4 is 10.5 Å². The second kappa shape index (κ2) is 7.13. The Bertz CT molecular complexity index is 778. The van der Waals surface area contributed by atoms with Crippen LogP contribution in [-0.4, -0.2) is 35.6 Å². The molecule has 0 saturated carbocycles. The monoisotopic (exact) mass is 330 g/mol. The van der Waals surface area contributed by atoms with Gasteiger partial charge in [0.1, 0.15) is 6.04 Å². The number of para-hydroxylation sites is 1. The van der Waals surface area contributed by atoms with Gasteiger partial charge in [0.05, 0.1) is 36.5 Å². The van der Waals surface area contributed by atoms with Crippen LogP contribution in [0, 0.1) is 5.92 Å². The second-order valence-electron chi connectivity index (χ2n) is 6.37. The number of carbonyl (C=O) groups is 1. The molecule has 3 rings (SSSR count). The zero-order valence-electron chi connectivity index (χ0n) is 14.2. The van der Waals surface area contributed by atoms with Crippen molar-refractivity contribution in [2.24, 2.45) is 5.92 Å². The Hall–Kier alpha value is -2.21. The lowest BCUT2D eigenvalue weighted by molar-refractivity contribution is -0.935. The van der Waals surface area contributed by atoms with Crippen molar-refractivity contribution >= 4 is 16.9 Å². The Kier molecular flexibility index (Phi) is 4.94. The molecule has 128 valence electrons. The summed E-state index contributed by atoms with van der Waals surface area (Å²) in [6.07, 6.45) is 1.63. The largest absolute Gasteiger partial charge is 0.466 e. The predicted octanol–water partition coefficient (Wildman–Crippen LogP) is 0.842. The lowest BCUT2D eigenvalue weighted by atomic mass is 9.96. The summed E-state index contributed by atoms with van der Waals surface area (Å²) in [5.74, 6) is 0.634. The summed E-state index contributed by atoms with van der Waals surface area (Å²) in [5.41, 5.74) is 0.632. The van der Waals surface area contributed by atoms with Gasteiger partial charge >= 0.3 is 5.97 Å². The second-order valence-corrected chi connectivity index (χ2v) is 6.37. The van der Waals surface area contributed by atoms with Crippen molar-refractivity contribution in [3.05, 3.63) is 40.4 Å². The van der Waals surface area contributed by atoms with Crippen LogP contribution in [0.5, 0.6) is 0 Å². The number of esters is 1. The van der Waals surface area contributed by atoms with Crippen molar-refractivity contribution < 1.29 is 14.4 Å². The molecule has 1 aliphatic rings. The highest BCUT2D eigenvalue weighted by Crippen LogP contribution is 2.14. The van der Waals surface area contributed by atoms with Crippen LogP contribution in [0.25, 0.3) is 10.9 Å². The third kappa shape index (κ3) is 3.33. The van der Waals surface area contributed by atoms with Gasteiger partial charge in [-0.05, 0) is 26.0 Å². The first-order valence-corrected chi connectivity index (χ1v) is 8.60. The molecule has 0 aliphatic carbocycles. The van der Waals surface area contributed by atoms with E-state index in [1.165, 1.54) is 4.90 Å². The molecule has 24 heavy (non-hydrogen) atoms. The maximum atomic E-state index is 12.2. The Morgan fingerprint density at radius 1 is 1.38 bits per heavy atom. The number of piperidine rings is 1. The summed E-state index contributed by atoms with van der Waals surface area (Å²) < 4.78 is 5.12. The van der Waals surface area contributed by atoms with Crippen LogP contribution >= 0.6 is 0 Å². The predicted molar refractivity (Wildman–Crippen MR) is 90.8 cm³/mol. The van der Waals surface area contributed by atoms with Crippen LogP contribution in [0.4, 0.5) is 0 Å². The molecule has 1 aromatic heterocycles. The van der Waals surface area contributed by atoms with Gasteiger partial charge in [0, 0.05) is 12.8 Å². The number of fused-ring (bicyclic) bond motifs is 1. The molecule has 0 bridgehead atoms. The molecular weight excluding hydrogens is 306 g/mol. The van der Waals surface area contributed by atoms with Gasteiger partial charge < -0.3 is 14.6 Å². The molecule has 1 saturated heterocycles. The molecule has 6 heteroatoms. The van der Waals surface area contributed by atoms with Crippen LogP contribution in [0.3, 0.4) is 0 Å². The zero-order chi connectivity index (χ0) is 17.1. The van der Waals surface area contributed by atoms with E-state index in [4.69, 9.17) is 4.74 Å². The quantitative estimate of drug-likeness (QED) is 0.815. The third-order valence-corrected chi connectivity index (χ3v) is 4.90. The van der Waals surface area contributed by atoms with Crippen LogP contribution in [0.2, 0.25) is 0 Å². The van der Waals surface area contributed by atoms with Crippen molar-refractivity contribution in [3.63, 3.8) is 0 Å². The van der Waals surface area contributed by atoms with Crippen LogP contribution in [0.15, 0.2) is 29.1 Å². The average Bonchev–Trinajstić information content (AvgIpc) is 2.61. The summed E-state index contributed by atoms with van der Waals surface area (Å²) >= 11 is 0. The normalized spacial score (nSPS) is 22.2. The Morgan fingerprint density at radius 2 is 2.08 bits per heavy atom. The summed E-state index contributed by atoms with van der Waals surface area (Å²) in [6, 6.07) is 7.47. The summed E-state index contributed by atoms with van der Waals surface area (Å²) in [7, 11) is 0. The number of quaternary nitrogens is 1. The maximum Gasteiger partial charge on any atom is 0.309 e. The number of carbonyl (C=O) groups excluding carboxylic acids is 1. The molecule has 1 aromatic carbocycles. The maximum absolute atomic E-state index is 12.2. The Balaban J connectivity index is 1.73. The molecule has 0 spiro atoms. The third-order valence-electron chi connectivity index (χ3n) is 4.90. The minimum Gasteiger partial charge on any atom is -0.466 e. The number of H-pyrrole nitrogens is 1. The van der Waals surface area contributed by atoms with Crippen LogP contribution in [-0.2, 0) is 9.53 Å². The molecule has 6 nitrogen and oxygen atoms in total. The first-order valence-electron chi connectivity index (χ1n) is 8.60. The smallest absolute Gasteiger partial charge is 0.309 e. The standard InChI is InChI=1S/C18H23N3O3/c1-3-24-18(23)13-8-10-21(11-9-13)12(2)16-19-15-7-5-4-6-14(15)17(22)20-16/h4-7,12-13H,3,8-11H2,1-2H3,(H,19,20,22)/p+1/t12-/m1/s1. The fourth-order valence-corrected chi connectivity index (χ4v) is 3.42. The molecule has 1 atom stereocenters. The highest BCUT2D eigenvalue weighted by molar-refractivity contribution is 5.77. The number of benzene rings is 1. The van der Waals surface area contributed by atoms with Gasteiger partial charge in [-0.15, -0.1) is 0 Å². The van der Waals surface area contributed by atoms with Crippen molar-refractivity contribution in [1.29, 1.82) is 0 Å². The molecule has 1 aliphatic heterocycles. The van der Waals surface area contributed by atoms with E-state index in [1.54, 1.807) is 6.07 Å². The van der Waals surface area contributed by atoms with E-state index in [0.29, 0.717) is 17.8 Å². The summed E-state index contributed by atoms with van der Waals surface area (Å²) in [6.45, 7) is 6.10. The van der Waals surface area contributed by atoms with Gasteiger partial charge in [0.15, 0.2) is 5.82 Å². The number of likely N-dealkylation sites (tertiary alicyclic amines) is 1. The fourth-order valence-electron chi connectivity index (χ4n) is 3.42. The van der Waals surface area contributed by atoms with E-state index in [-0.39, 0.29) is 23.5 Å².